The number of aromatic amines is 2. The molecular formula is C45H51Cl3N12O6. The molecule has 6 heterocycles. The molecule has 2 atom stereocenters. The lowest BCUT2D eigenvalue weighted by atomic mass is 10.1. The van der Waals surface area contributed by atoms with Crippen LogP contribution in [0.15, 0.2) is 67.7 Å². The molecule has 2 saturated heterocycles. The molecule has 18 nitrogen and oxygen atoms in total. The number of anilines is 2. The number of ether oxygens (including phenoxy) is 1. The summed E-state index contributed by atoms with van der Waals surface area (Å²) in [6.07, 6.45) is 2.76. The number of halogens is 3. The maximum Gasteiger partial charge on any atom is 0.407 e. The van der Waals surface area contributed by atoms with Crippen LogP contribution >= 0.6 is 35.6 Å². The topological polar surface area (TPSA) is 238 Å². The van der Waals surface area contributed by atoms with Crippen LogP contribution in [-0.4, -0.2) is 78.2 Å². The van der Waals surface area contributed by atoms with Gasteiger partial charge in [0.15, 0.2) is 0 Å². The third kappa shape index (κ3) is 9.87. The molecule has 2 aromatic carbocycles. The highest BCUT2D eigenvalue weighted by molar-refractivity contribution is 6.31. The maximum atomic E-state index is 13.2. The number of benzene rings is 2. The fourth-order valence-corrected chi connectivity index (χ4v) is 8.91. The van der Waals surface area contributed by atoms with Crippen molar-refractivity contribution in [3.8, 4) is 12.1 Å². The van der Waals surface area contributed by atoms with E-state index < -0.39 is 34.2 Å². The predicted octanol–water partition coefficient (Wildman–Crippen LogP) is 5.05. The van der Waals surface area contributed by atoms with Crippen LogP contribution in [0.5, 0.6) is 0 Å². The second-order valence-corrected chi connectivity index (χ2v) is 18.1. The molecule has 2 aliphatic heterocycles. The van der Waals surface area contributed by atoms with Crippen LogP contribution in [0.3, 0.4) is 0 Å². The average Bonchev–Trinajstić information content (AvgIpc) is 3.74. The second kappa shape index (κ2) is 20.0. The summed E-state index contributed by atoms with van der Waals surface area (Å²) in [5.74, 6) is 1.10. The van der Waals surface area contributed by atoms with E-state index in [9.17, 15) is 34.5 Å². The molecule has 5 N–H and O–H groups in total. The lowest BCUT2D eigenvalue weighted by Gasteiger charge is -2.35. The highest BCUT2D eigenvalue weighted by atomic mass is 35.5. The highest BCUT2D eigenvalue weighted by Gasteiger charge is 2.32. The van der Waals surface area contributed by atoms with E-state index in [-0.39, 0.29) is 64.2 Å². The maximum absolute atomic E-state index is 13.2. The average molecular weight is 962 g/mol. The van der Waals surface area contributed by atoms with Gasteiger partial charge in [-0.15, -0.1) is 12.4 Å². The first-order valence-corrected chi connectivity index (χ1v) is 21.9. The van der Waals surface area contributed by atoms with E-state index in [1.807, 2.05) is 46.2 Å². The van der Waals surface area contributed by atoms with Crippen molar-refractivity contribution in [2.24, 2.45) is 19.8 Å². The van der Waals surface area contributed by atoms with Crippen molar-refractivity contribution in [2.45, 2.75) is 77.2 Å². The minimum Gasteiger partial charge on any atom is -0.444 e. The number of amides is 1. The minimum atomic E-state index is -0.625. The molecule has 21 heteroatoms. The normalized spacial score (nSPS) is 16.2. The van der Waals surface area contributed by atoms with E-state index in [0.29, 0.717) is 54.4 Å². The van der Waals surface area contributed by atoms with Crippen molar-refractivity contribution in [1.82, 2.24) is 33.6 Å². The number of rotatable bonds is 7. The summed E-state index contributed by atoms with van der Waals surface area (Å²) in [7, 11) is 2.80. The SMILES string of the molecule is Cl.Cn1c(=O)[nH]c2c(C#N)c(N3CCC[C@@H](N)C3)n(Cc3ccccc3Cl)c2c1=O.Cn1c(=O)[nH]c2c(C#N)c(N3CCC[C@@H](NC(=O)OC(C)(C)C)C3)n(Cc3ccccc3Cl)c2c1=O. The number of piperidine rings is 2. The van der Waals surface area contributed by atoms with Gasteiger partial charge in [-0.25, -0.2) is 14.4 Å². The van der Waals surface area contributed by atoms with Gasteiger partial charge in [0, 0.05) is 62.4 Å². The van der Waals surface area contributed by atoms with Gasteiger partial charge in [-0.3, -0.25) is 18.7 Å². The third-order valence-electron chi connectivity index (χ3n) is 11.6. The number of hydrogen-bond acceptors (Lipinski definition) is 11. The van der Waals surface area contributed by atoms with Crippen LogP contribution in [0.25, 0.3) is 22.1 Å². The van der Waals surface area contributed by atoms with E-state index in [4.69, 9.17) is 33.7 Å². The smallest absolute Gasteiger partial charge is 0.407 e. The molecule has 0 spiro atoms. The summed E-state index contributed by atoms with van der Waals surface area (Å²) >= 11 is 12.8. The van der Waals surface area contributed by atoms with E-state index >= 15 is 0 Å². The first-order valence-electron chi connectivity index (χ1n) is 21.1. The molecule has 348 valence electrons. The summed E-state index contributed by atoms with van der Waals surface area (Å²) in [4.78, 5) is 72.7. The molecule has 4 aromatic heterocycles. The van der Waals surface area contributed by atoms with Crippen LogP contribution in [0.2, 0.25) is 10.0 Å². The number of aromatic nitrogens is 6. The molecule has 2 aliphatic rings. The molecule has 6 aromatic rings. The molecule has 8 rings (SSSR count). The van der Waals surface area contributed by atoms with Crippen molar-refractivity contribution >= 4 is 75.4 Å². The number of nitrogens with two attached hydrogens (primary N) is 1. The Balaban J connectivity index is 0.000000220. The van der Waals surface area contributed by atoms with Crippen LogP contribution in [-0.2, 0) is 31.9 Å². The largest absolute Gasteiger partial charge is 0.444 e. The van der Waals surface area contributed by atoms with Gasteiger partial charge in [-0.2, -0.15) is 10.5 Å². The zero-order chi connectivity index (χ0) is 46.9. The Morgan fingerprint density at radius 1 is 0.773 bits per heavy atom. The standard InChI is InChI=1S/C25H29ClN6O4.C20H21ClN6O2.ClH/c1-25(2,3)36-24(35)28-16-9-7-11-31(14-16)21-17(12-27)19-20(22(33)30(4)23(34)29-19)32(21)13-15-8-5-6-10-18(15)26;1-25-19(28)17-16(24-20(25)29)14(9-22)18(26-8-4-6-13(23)11-26)27(17)10-12-5-2-3-7-15(12)21;/h5-6,8,10,16H,7,9,11,13-14H2,1-4H3,(H,28,35)(H,29,34);2-3,5,7,13H,4,6,8,10-11,23H2,1H3,(H,24,29);1H/t16-;13-;/m11./s1. The molecule has 1 amide bonds. The molecule has 0 radical (unpaired) electrons. The summed E-state index contributed by atoms with van der Waals surface area (Å²) in [6.45, 7) is 8.19. The van der Waals surface area contributed by atoms with Crippen molar-refractivity contribution in [2.75, 3.05) is 36.0 Å². The van der Waals surface area contributed by atoms with E-state index in [1.165, 1.54) is 14.1 Å². The highest BCUT2D eigenvalue weighted by Crippen LogP contribution is 2.35. The Labute approximate surface area is 395 Å². The monoisotopic (exact) mass is 960 g/mol. The van der Waals surface area contributed by atoms with Crippen molar-refractivity contribution in [1.29, 1.82) is 10.5 Å². The van der Waals surface area contributed by atoms with Crippen molar-refractivity contribution in [3.05, 3.63) is 123 Å². The summed E-state index contributed by atoms with van der Waals surface area (Å²) < 4.78 is 10.9. The number of fused-ring (bicyclic) bond motifs is 2. The zero-order valence-corrected chi connectivity index (χ0v) is 39.4. The van der Waals surface area contributed by atoms with Gasteiger partial charge in [0.05, 0.1) is 24.1 Å². The fourth-order valence-electron chi connectivity index (χ4n) is 8.52. The zero-order valence-electron chi connectivity index (χ0n) is 37.1. The van der Waals surface area contributed by atoms with E-state index in [1.54, 1.807) is 42.0 Å². The molecule has 0 bridgehead atoms. The van der Waals surface area contributed by atoms with E-state index in [0.717, 1.165) is 45.9 Å². The number of hydrogen-bond donors (Lipinski definition) is 4. The van der Waals surface area contributed by atoms with Gasteiger partial charge in [0.1, 0.15) is 51.5 Å². The Morgan fingerprint density at radius 3 is 1.64 bits per heavy atom. The number of carbonyl (C=O) groups excluding carboxylic acids is 1. The number of nitrogens with one attached hydrogen (secondary N) is 3. The van der Waals surface area contributed by atoms with Gasteiger partial charge in [0.25, 0.3) is 11.1 Å². The lowest BCUT2D eigenvalue weighted by molar-refractivity contribution is 0.0500. The quantitative estimate of drug-likeness (QED) is 0.165. The Kier molecular flexibility index (Phi) is 14.8. The third-order valence-corrected chi connectivity index (χ3v) is 12.3. The summed E-state index contributed by atoms with van der Waals surface area (Å²) in [5.41, 5.74) is 6.39. The van der Waals surface area contributed by atoms with Gasteiger partial charge < -0.3 is 44.7 Å². The number of H-pyrrole nitrogens is 2. The molecule has 0 aliphatic carbocycles. The second-order valence-electron chi connectivity index (χ2n) is 17.3. The van der Waals surface area contributed by atoms with Crippen LogP contribution in [0, 0.1) is 22.7 Å². The molecule has 0 unspecified atom stereocenters. The van der Waals surface area contributed by atoms with Crippen molar-refractivity contribution < 1.29 is 9.53 Å². The number of nitrogens with zero attached hydrogens (tertiary/aromatic N) is 8. The van der Waals surface area contributed by atoms with Crippen LogP contribution in [0.4, 0.5) is 16.4 Å². The van der Waals surface area contributed by atoms with Crippen LogP contribution in [0.1, 0.15) is 68.7 Å². The van der Waals surface area contributed by atoms with Gasteiger partial charge >= 0.3 is 17.5 Å². The molecule has 66 heavy (non-hydrogen) atoms. The number of alkyl carbamates (subject to hydrolysis) is 1. The number of nitriles is 2. The fraction of sp³-hybridized carbons (Fsp3) is 0.400. The first-order chi connectivity index (χ1) is 30.9. The Hall–Kier alpha value is -6.44. The van der Waals surface area contributed by atoms with Gasteiger partial charge in [-0.1, -0.05) is 59.6 Å². The Bertz CT molecular complexity index is 3140. The lowest BCUT2D eigenvalue weighted by Crippen LogP contribution is -2.49. The minimum absolute atomic E-state index is 0. The first kappa shape index (κ1) is 49.0. The van der Waals surface area contributed by atoms with Gasteiger partial charge in [-0.05, 0) is 69.7 Å². The molecule has 0 saturated carbocycles. The van der Waals surface area contributed by atoms with Crippen molar-refractivity contribution in [3.63, 3.8) is 0 Å². The molecule has 2 fully saturated rings. The summed E-state index contributed by atoms with van der Waals surface area (Å²) in [5, 5.41) is 24.1. The van der Waals surface area contributed by atoms with Crippen LogP contribution < -0.4 is 43.3 Å². The molecular weight excluding hydrogens is 911 g/mol. The Morgan fingerprint density at radius 2 is 1.21 bits per heavy atom. The predicted molar refractivity (Wildman–Crippen MR) is 257 cm³/mol. The van der Waals surface area contributed by atoms with Gasteiger partial charge in [0.2, 0.25) is 0 Å². The summed E-state index contributed by atoms with van der Waals surface area (Å²) in [6, 6.07) is 18.8. The van der Waals surface area contributed by atoms with E-state index in [2.05, 4.69) is 27.4 Å². The number of carbonyl (C=O) groups is 1.